The van der Waals surface area contributed by atoms with E-state index in [9.17, 15) is 4.79 Å². The first-order valence-corrected chi connectivity index (χ1v) is 7.56. The number of hydrogen-bond donors (Lipinski definition) is 0. The molecule has 3 heterocycles. The molecule has 0 bridgehead atoms. The van der Waals surface area contributed by atoms with Crippen LogP contribution in [-0.4, -0.2) is 60.6 Å². The molecule has 0 unspecified atom stereocenters. The molecule has 0 aliphatic carbocycles. The van der Waals surface area contributed by atoms with Crippen molar-refractivity contribution in [2.24, 2.45) is 5.41 Å². The molecule has 0 spiro atoms. The highest BCUT2D eigenvalue weighted by Crippen LogP contribution is 2.42. The quantitative estimate of drug-likeness (QED) is 0.837. The van der Waals surface area contributed by atoms with Gasteiger partial charge >= 0.3 is 0 Å². The van der Waals surface area contributed by atoms with Gasteiger partial charge in [0.2, 0.25) is 5.91 Å². The maximum Gasteiger partial charge on any atom is 0.232 e. The summed E-state index contributed by atoms with van der Waals surface area (Å²) in [6.45, 7) is 3.34. The third-order valence-corrected chi connectivity index (χ3v) is 4.68. The van der Waals surface area contributed by atoms with Gasteiger partial charge in [0.05, 0.1) is 11.5 Å². The summed E-state index contributed by atoms with van der Waals surface area (Å²) >= 11 is 0. The number of likely N-dealkylation sites (tertiary alicyclic amines) is 1. The standard InChI is InChI=1S/C16H23N3O2/c1-18(2)15(20)16-6-10-21-14(16)5-9-19(12-16)11-13-3-7-17-8-4-13/h3-4,7-8,14H,5-6,9-12H2,1-2H3/t14-,16-/m0/s1. The Kier molecular flexibility index (Phi) is 3.95. The van der Waals surface area contributed by atoms with Crippen molar-refractivity contribution in [2.45, 2.75) is 25.5 Å². The molecule has 2 saturated heterocycles. The number of amides is 1. The van der Waals surface area contributed by atoms with E-state index in [2.05, 4.69) is 9.88 Å². The summed E-state index contributed by atoms with van der Waals surface area (Å²) in [4.78, 5) is 20.9. The molecular formula is C16H23N3O2. The SMILES string of the molecule is CN(C)C(=O)[C@]12CCO[C@H]1CCN(Cc1ccncc1)C2. The van der Waals surface area contributed by atoms with Gasteiger partial charge in [-0.3, -0.25) is 14.7 Å². The van der Waals surface area contributed by atoms with Crippen molar-refractivity contribution in [2.75, 3.05) is 33.8 Å². The number of hydrogen-bond acceptors (Lipinski definition) is 4. The average Bonchev–Trinajstić information content (AvgIpc) is 2.91. The molecule has 1 aromatic rings. The number of pyridine rings is 1. The lowest BCUT2D eigenvalue weighted by atomic mass is 9.75. The first-order valence-electron chi connectivity index (χ1n) is 7.56. The number of fused-ring (bicyclic) bond motifs is 1. The van der Waals surface area contributed by atoms with Crippen LogP contribution in [0.5, 0.6) is 0 Å². The Morgan fingerprint density at radius 2 is 2.24 bits per heavy atom. The van der Waals surface area contributed by atoms with E-state index in [0.29, 0.717) is 6.61 Å². The van der Waals surface area contributed by atoms with Gasteiger partial charge in [0.15, 0.2) is 0 Å². The van der Waals surface area contributed by atoms with Gasteiger partial charge in [-0.15, -0.1) is 0 Å². The van der Waals surface area contributed by atoms with Crippen molar-refractivity contribution in [3.05, 3.63) is 30.1 Å². The fourth-order valence-electron chi connectivity index (χ4n) is 3.66. The number of nitrogens with zero attached hydrogens (tertiary/aromatic N) is 3. The molecular weight excluding hydrogens is 266 g/mol. The van der Waals surface area contributed by atoms with E-state index >= 15 is 0 Å². The Bertz CT molecular complexity index is 506. The molecule has 114 valence electrons. The summed E-state index contributed by atoms with van der Waals surface area (Å²) in [5.74, 6) is 0.212. The number of piperidine rings is 1. The summed E-state index contributed by atoms with van der Waals surface area (Å²) in [5, 5.41) is 0. The van der Waals surface area contributed by atoms with Crippen molar-refractivity contribution in [3.8, 4) is 0 Å². The number of carbonyl (C=O) groups is 1. The number of rotatable bonds is 3. The van der Waals surface area contributed by atoms with Crippen LogP contribution in [0, 0.1) is 5.41 Å². The molecule has 0 radical (unpaired) electrons. The van der Waals surface area contributed by atoms with Crippen molar-refractivity contribution in [3.63, 3.8) is 0 Å². The predicted octanol–water partition coefficient (Wildman–Crippen LogP) is 1.15. The second-order valence-electron chi connectivity index (χ2n) is 6.32. The van der Waals surface area contributed by atoms with Crippen LogP contribution < -0.4 is 0 Å². The number of ether oxygens (including phenoxy) is 1. The van der Waals surface area contributed by atoms with Gasteiger partial charge < -0.3 is 9.64 Å². The van der Waals surface area contributed by atoms with Gasteiger partial charge in [-0.25, -0.2) is 0 Å². The lowest BCUT2D eigenvalue weighted by Gasteiger charge is -2.43. The summed E-state index contributed by atoms with van der Waals surface area (Å²) in [7, 11) is 3.68. The van der Waals surface area contributed by atoms with Crippen molar-refractivity contribution in [1.82, 2.24) is 14.8 Å². The lowest BCUT2D eigenvalue weighted by molar-refractivity contribution is -0.148. The fourth-order valence-corrected chi connectivity index (χ4v) is 3.66. The van der Waals surface area contributed by atoms with E-state index in [4.69, 9.17) is 4.74 Å². The van der Waals surface area contributed by atoms with Crippen LogP contribution in [0.3, 0.4) is 0 Å². The zero-order valence-electron chi connectivity index (χ0n) is 12.8. The molecule has 2 fully saturated rings. The van der Waals surface area contributed by atoms with E-state index in [1.54, 1.807) is 4.90 Å². The molecule has 3 rings (SSSR count). The third-order valence-electron chi connectivity index (χ3n) is 4.68. The zero-order chi connectivity index (χ0) is 14.9. The molecule has 2 aliphatic heterocycles. The maximum atomic E-state index is 12.7. The minimum Gasteiger partial charge on any atom is -0.377 e. The third kappa shape index (κ3) is 2.68. The summed E-state index contributed by atoms with van der Waals surface area (Å²) in [5.41, 5.74) is 0.893. The van der Waals surface area contributed by atoms with Crippen LogP contribution in [0.15, 0.2) is 24.5 Å². The van der Waals surface area contributed by atoms with E-state index in [1.807, 2.05) is 38.6 Å². The highest BCUT2D eigenvalue weighted by molar-refractivity contribution is 5.83. The molecule has 21 heavy (non-hydrogen) atoms. The highest BCUT2D eigenvalue weighted by Gasteiger charge is 2.53. The van der Waals surface area contributed by atoms with Gasteiger partial charge in [0.1, 0.15) is 0 Å². The highest BCUT2D eigenvalue weighted by atomic mass is 16.5. The van der Waals surface area contributed by atoms with Crippen LogP contribution in [-0.2, 0) is 16.1 Å². The Morgan fingerprint density at radius 3 is 2.95 bits per heavy atom. The lowest BCUT2D eigenvalue weighted by Crippen LogP contribution is -2.56. The van der Waals surface area contributed by atoms with Gasteiger partial charge in [-0.2, -0.15) is 0 Å². The normalized spacial score (nSPS) is 29.1. The average molecular weight is 289 g/mol. The van der Waals surface area contributed by atoms with Crippen LogP contribution in [0.4, 0.5) is 0 Å². The predicted molar refractivity (Wildman–Crippen MR) is 79.6 cm³/mol. The first kappa shape index (κ1) is 14.5. The first-order chi connectivity index (χ1) is 10.1. The zero-order valence-corrected chi connectivity index (χ0v) is 12.8. The minimum atomic E-state index is -0.352. The summed E-state index contributed by atoms with van der Waals surface area (Å²) < 4.78 is 5.85. The van der Waals surface area contributed by atoms with Crippen LogP contribution in [0.2, 0.25) is 0 Å². The fraction of sp³-hybridized carbons (Fsp3) is 0.625. The molecule has 5 nitrogen and oxygen atoms in total. The molecule has 1 amide bonds. The van der Waals surface area contributed by atoms with Gasteiger partial charge in [0, 0.05) is 52.7 Å². The van der Waals surface area contributed by atoms with E-state index in [0.717, 1.165) is 32.5 Å². The van der Waals surface area contributed by atoms with Crippen molar-refractivity contribution in [1.29, 1.82) is 0 Å². The maximum absolute atomic E-state index is 12.7. The van der Waals surface area contributed by atoms with Crippen molar-refractivity contribution >= 4 is 5.91 Å². The molecule has 2 aliphatic rings. The molecule has 0 saturated carbocycles. The smallest absolute Gasteiger partial charge is 0.232 e. The second-order valence-corrected chi connectivity index (χ2v) is 6.32. The van der Waals surface area contributed by atoms with Crippen LogP contribution >= 0.6 is 0 Å². The second kappa shape index (κ2) is 5.73. The molecule has 0 aromatic carbocycles. The minimum absolute atomic E-state index is 0.0843. The summed E-state index contributed by atoms with van der Waals surface area (Å²) in [6, 6.07) is 4.08. The number of aromatic nitrogens is 1. The van der Waals surface area contributed by atoms with E-state index in [1.165, 1.54) is 5.56 Å². The monoisotopic (exact) mass is 289 g/mol. The van der Waals surface area contributed by atoms with Gasteiger partial charge in [-0.05, 0) is 30.5 Å². The van der Waals surface area contributed by atoms with E-state index in [-0.39, 0.29) is 17.4 Å². The Morgan fingerprint density at radius 1 is 1.48 bits per heavy atom. The molecule has 1 aromatic heterocycles. The Hall–Kier alpha value is -1.46. The van der Waals surface area contributed by atoms with Crippen molar-refractivity contribution < 1.29 is 9.53 Å². The van der Waals surface area contributed by atoms with Gasteiger partial charge in [0.25, 0.3) is 0 Å². The molecule has 0 N–H and O–H groups in total. The van der Waals surface area contributed by atoms with Crippen LogP contribution in [0.25, 0.3) is 0 Å². The van der Waals surface area contributed by atoms with Gasteiger partial charge in [-0.1, -0.05) is 0 Å². The summed E-state index contributed by atoms with van der Waals surface area (Å²) in [6.07, 6.45) is 5.50. The van der Waals surface area contributed by atoms with E-state index < -0.39 is 0 Å². The topological polar surface area (TPSA) is 45.7 Å². The Labute approximate surface area is 125 Å². The van der Waals surface area contributed by atoms with Crippen LogP contribution in [0.1, 0.15) is 18.4 Å². The molecule has 5 heteroatoms. The molecule has 2 atom stereocenters. The number of carbonyl (C=O) groups excluding carboxylic acids is 1. The largest absolute Gasteiger partial charge is 0.377 e. The Balaban J connectivity index is 1.77.